The Morgan fingerprint density at radius 2 is 2.04 bits per heavy atom. The van der Waals surface area contributed by atoms with Crippen molar-refractivity contribution in [3.63, 3.8) is 0 Å². The molecule has 25 heavy (non-hydrogen) atoms. The summed E-state index contributed by atoms with van der Waals surface area (Å²) in [5, 5.41) is 7.89. The average molecular weight is 407 g/mol. The monoisotopic (exact) mass is 406 g/mol. The number of sulfonamides is 1. The average Bonchev–Trinajstić information content (AvgIpc) is 3.03. The van der Waals surface area contributed by atoms with Gasteiger partial charge in [-0.3, -0.25) is 0 Å². The minimum Gasteiger partial charge on any atom is -0.395 e. The molecular formula is C14H16Cl2N4O4S. The summed E-state index contributed by atoms with van der Waals surface area (Å²) >= 11 is 12.0. The van der Waals surface area contributed by atoms with E-state index in [2.05, 4.69) is 10.3 Å². The van der Waals surface area contributed by atoms with Crippen molar-refractivity contribution in [1.29, 1.82) is 0 Å². The third-order valence-corrected chi connectivity index (χ3v) is 7.17. The second-order valence-corrected chi connectivity index (χ2v) is 9.57. The van der Waals surface area contributed by atoms with Crippen molar-refractivity contribution in [3.05, 3.63) is 18.2 Å². The van der Waals surface area contributed by atoms with Gasteiger partial charge in [0, 0.05) is 19.0 Å². The quantitative estimate of drug-likeness (QED) is 0.690. The first-order valence-electron chi connectivity index (χ1n) is 7.82. The first-order valence-corrected chi connectivity index (χ1v) is 10.0. The SMILES string of the molecule is O=S(=O)(c1ccc2nnn(OC[C@@H]3CC3(Cl)Cl)c2c1)N1CCOCC1. The maximum Gasteiger partial charge on any atom is 0.243 e. The van der Waals surface area contributed by atoms with Gasteiger partial charge in [-0.05, 0) is 29.8 Å². The molecule has 0 amide bonds. The molecule has 1 saturated heterocycles. The van der Waals surface area contributed by atoms with E-state index in [1.54, 1.807) is 6.07 Å². The molecule has 2 aromatic rings. The predicted molar refractivity (Wildman–Crippen MR) is 91.1 cm³/mol. The number of benzene rings is 1. The van der Waals surface area contributed by atoms with E-state index in [0.717, 1.165) is 0 Å². The molecule has 1 aromatic heterocycles. The molecule has 1 aliphatic heterocycles. The Labute approximate surface area is 154 Å². The van der Waals surface area contributed by atoms with Crippen LogP contribution in [0.2, 0.25) is 0 Å². The lowest BCUT2D eigenvalue weighted by molar-refractivity contribution is 0.0730. The van der Waals surface area contributed by atoms with E-state index in [4.69, 9.17) is 32.8 Å². The normalized spacial score (nSPS) is 23.7. The minimum atomic E-state index is -3.60. The Balaban J connectivity index is 1.59. The molecule has 0 unspecified atom stereocenters. The highest BCUT2D eigenvalue weighted by Gasteiger charge is 2.52. The minimum absolute atomic E-state index is 0.0235. The largest absolute Gasteiger partial charge is 0.395 e. The highest BCUT2D eigenvalue weighted by Crippen LogP contribution is 2.52. The molecule has 11 heteroatoms. The zero-order chi connectivity index (χ0) is 17.7. The Kier molecular flexibility index (Phi) is 4.32. The van der Waals surface area contributed by atoms with Gasteiger partial charge in [0.1, 0.15) is 22.0 Å². The highest BCUT2D eigenvalue weighted by atomic mass is 35.5. The summed E-state index contributed by atoms with van der Waals surface area (Å²) in [6, 6.07) is 4.65. The van der Waals surface area contributed by atoms with Gasteiger partial charge in [0.05, 0.1) is 18.1 Å². The van der Waals surface area contributed by atoms with Gasteiger partial charge >= 0.3 is 0 Å². The molecular weight excluding hydrogens is 391 g/mol. The van der Waals surface area contributed by atoms with Crippen LogP contribution in [0.1, 0.15) is 6.42 Å². The van der Waals surface area contributed by atoms with Crippen molar-refractivity contribution < 1.29 is 18.0 Å². The molecule has 0 spiro atoms. The van der Waals surface area contributed by atoms with Crippen LogP contribution in [0.5, 0.6) is 0 Å². The number of rotatable bonds is 5. The summed E-state index contributed by atoms with van der Waals surface area (Å²) in [5.74, 6) is 0.0235. The van der Waals surface area contributed by atoms with E-state index in [9.17, 15) is 8.42 Å². The van der Waals surface area contributed by atoms with Gasteiger partial charge < -0.3 is 9.57 Å². The van der Waals surface area contributed by atoms with Crippen molar-refractivity contribution in [2.75, 3.05) is 32.9 Å². The maximum atomic E-state index is 12.8. The van der Waals surface area contributed by atoms with Crippen molar-refractivity contribution in [2.24, 2.45) is 5.92 Å². The molecule has 2 fully saturated rings. The van der Waals surface area contributed by atoms with E-state index < -0.39 is 14.4 Å². The van der Waals surface area contributed by atoms with Crippen LogP contribution in [0.4, 0.5) is 0 Å². The number of morpholine rings is 1. The Morgan fingerprint density at radius 1 is 1.32 bits per heavy atom. The number of hydrogen-bond acceptors (Lipinski definition) is 6. The molecule has 136 valence electrons. The summed E-state index contributed by atoms with van der Waals surface area (Å²) in [7, 11) is -3.60. The number of nitrogens with zero attached hydrogens (tertiary/aromatic N) is 4. The lowest BCUT2D eigenvalue weighted by Gasteiger charge is -2.26. The van der Waals surface area contributed by atoms with Crippen LogP contribution in [-0.2, 0) is 14.8 Å². The summed E-state index contributed by atoms with van der Waals surface area (Å²) in [5.41, 5.74) is 1.02. The zero-order valence-corrected chi connectivity index (χ0v) is 15.5. The van der Waals surface area contributed by atoms with Gasteiger partial charge in [-0.1, -0.05) is 4.85 Å². The van der Waals surface area contributed by atoms with E-state index >= 15 is 0 Å². The predicted octanol–water partition coefficient (Wildman–Crippen LogP) is 1.07. The van der Waals surface area contributed by atoms with Crippen molar-refractivity contribution in [3.8, 4) is 0 Å². The molecule has 0 radical (unpaired) electrons. The van der Waals surface area contributed by atoms with Crippen LogP contribution >= 0.6 is 23.2 Å². The van der Waals surface area contributed by atoms with E-state index in [0.29, 0.717) is 43.8 Å². The summed E-state index contributed by atoms with van der Waals surface area (Å²) < 4.78 is 31.4. The number of fused-ring (bicyclic) bond motifs is 1. The lowest BCUT2D eigenvalue weighted by Crippen LogP contribution is -2.40. The molecule has 2 heterocycles. The van der Waals surface area contributed by atoms with Crippen LogP contribution < -0.4 is 4.84 Å². The smallest absolute Gasteiger partial charge is 0.243 e. The molecule has 1 saturated carbocycles. The number of hydrogen-bond donors (Lipinski definition) is 0. The van der Waals surface area contributed by atoms with Gasteiger partial charge in [0.15, 0.2) is 0 Å². The van der Waals surface area contributed by atoms with Crippen LogP contribution in [-0.4, -0.2) is 65.1 Å². The van der Waals surface area contributed by atoms with Gasteiger partial charge in [0.2, 0.25) is 10.0 Å². The third kappa shape index (κ3) is 3.31. The van der Waals surface area contributed by atoms with Gasteiger partial charge in [0.25, 0.3) is 0 Å². The summed E-state index contributed by atoms with van der Waals surface area (Å²) in [6.07, 6.45) is 0.652. The van der Waals surface area contributed by atoms with Crippen molar-refractivity contribution >= 4 is 44.3 Å². The van der Waals surface area contributed by atoms with E-state index in [1.165, 1.54) is 21.3 Å². The second-order valence-electron chi connectivity index (χ2n) is 6.09. The zero-order valence-electron chi connectivity index (χ0n) is 13.1. The number of halogens is 2. The van der Waals surface area contributed by atoms with Crippen LogP contribution in [0, 0.1) is 5.92 Å². The van der Waals surface area contributed by atoms with Crippen LogP contribution in [0.3, 0.4) is 0 Å². The first kappa shape index (κ1) is 17.3. The number of ether oxygens (including phenoxy) is 1. The maximum absolute atomic E-state index is 12.8. The molecule has 0 bridgehead atoms. The molecule has 2 aliphatic rings. The third-order valence-electron chi connectivity index (χ3n) is 4.35. The summed E-state index contributed by atoms with van der Waals surface area (Å²) in [6.45, 7) is 1.74. The molecule has 0 N–H and O–H groups in total. The fourth-order valence-corrected chi connectivity index (χ4v) is 4.61. The standard InChI is InChI=1S/C14H16Cl2N4O4S/c15-14(16)8-10(14)9-24-20-13-7-11(1-2-12(13)17-18-20)25(21,22)19-3-5-23-6-4-19/h1-2,7,10H,3-6,8-9H2/t10-/m0/s1. The summed E-state index contributed by atoms with van der Waals surface area (Å²) in [4.78, 5) is 6.97. The van der Waals surface area contributed by atoms with Crippen LogP contribution in [0.15, 0.2) is 23.1 Å². The molecule has 1 aromatic carbocycles. The lowest BCUT2D eigenvalue weighted by atomic mass is 10.3. The molecule has 8 nitrogen and oxygen atoms in total. The Hall–Kier alpha value is -1.13. The van der Waals surface area contributed by atoms with Crippen molar-refractivity contribution in [1.82, 2.24) is 19.5 Å². The van der Waals surface area contributed by atoms with Crippen LogP contribution in [0.25, 0.3) is 11.0 Å². The van der Waals surface area contributed by atoms with Gasteiger partial charge in [-0.25, -0.2) is 8.42 Å². The fourth-order valence-electron chi connectivity index (χ4n) is 2.68. The molecule has 1 atom stereocenters. The molecule has 4 rings (SSSR count). The number of aromatic nitrogens is 3. The fraction of sp³-hybridized carbons (Fsp3) is 0.571. The second kappa shape index (κ2) is 6.24. The van der Waals surface area contributed by atoms with Crippen molar-refractivity contribution in [2.45, 2.75) is 15.6 Å². The van der Waals surface area contributed by atoms with E-state index in [1.807, 2.05) is 0 Å². The topological polar surface area (TPSA) is 86.5 Å². The van der Waals surface area contributed by atoms with Gasteiger partial charge in [-0.15, -0.1) is 28.3 Å². The first-order chi connectivity index (χ1) is 11.9. The van der Waals surface area contributed by atoms with E-state index in [-0.39, 0.29) is 17.4 Å². The molecule has 1 aliphatic carbocycles. The Bertz CT molecular complexity index is 895. The number of alkyl halides is 2. The van der Waals surface area contributed by atoms with Gasteiger partial charge in [-0.2, -0.15) is 4.31 Å². The Morgan fingerprint density at radius 3 is 2.72 bits per heavy atom. The highest BCUT2D eigenvalue weighted by molar-refractivity contribution is 7.89.